The molecule has 6 nitrogen and oxygen atoms in total. The third-order valence-corrected chi connectivity index (χ3v) is 4.60. The van der Waals surface area contributed by atoms with Crippen molar-refractivity contribution < 1.29 is 14.4 Å². The molecule has 0 radical (unpaired) electrons. The lowest BCUT2D eigenvalue weighted by Crippen LogP contribution is -2.55. The number of aliphatic hydroxyl groups excluding tert-OH is 1. The van der Waals surface area contributed by atoms with Gasteiger partial charge in [0, 0.05) is 38.3 Å². The summed E-state index contributed by atoms with van der Waals surface area (Å²) in [7, 11) is 0. The van der Waals surface area contributed by atoms with Crippen molar-refractivity contribution in [2.75, 3.05) is 26.2 Å². The molecule has 1 aromatic heterocycles. The molecule has 1 aromatic rings. The topological polar surface area (TPSA) is 69.8 Å². The van der Waals surface area contributed by atoms with E-state index >= 15 is 0 Å². The summed E-state index contributed by atoms with van der Waals surface area (Å²) in [6.45, 7) is 4.81. The molecule has 1 saturated carbocycles. The molecule has 2 heterocycles. The predicted octanol–water partition coefficient (Wildman–Crippen LogP) is 1.04. The van der Waals surface area contributed by atoms with E-state index in [0.717, 1.165) is 38.0 Å². The van der Waals surface area contributed by atoms with Crippen LogP contribution in [0.25, 0.3) is 0 Å². The standard InChI is InChI=1S/C15H23N3O3/c1-11-10-14(21-16-11)15(20)18-8-6-17(7-9-18)12-4-2-3-5-13(12)19/h10,12-13,19H,2-9H2,1H3. The zero-order valence-electron chi connectivity index (χ0n) is 12.5. The van der Waals surface area contributed by atoms with Crippen molar-refractivity contribution >= 4 is 5.91 Å². The van der Waals surface area contributed by atoms with Gasteiger partial charge < -0.3 is 14.5 Å². The van der Waals surface area contributed by atoms with Crippen LogP contribution in [0.4, 0.5) is 0 Å². The summed E-state index contributed by atoms with van der Waals surface area (Å²) in [5, 5.41) is 13.9. The first kappa shape index (κ1) is 14.5. The van der Waals surface area contributed by atoms with E-state index in [9.17, 15) is 9.90 Å². The van der Waals surface area contributed by atoms with Crippen LogP contribution in [0.5, 0.6) is 0 Å². The number of rotatable bonds is 2. The Kier molecular flexibility index (Phi) is 4.26. The van der Waals surface area contributed by atoms with Gasteiger partial charge in [-0.05, 0) is 19.8 Å². The van der Waals surface area contributed by atoms with Gasteiger partial charge in [0.2, 0.25) is 5.76 Å². The quantitative estimate of drug-likeness (QED) is 0.882. The fraction of sp³-hybridized carbons (Fsp3) is 0.733. The monoisotopic (exact) mass is 293 g/mol. The number of carbonyl (C=O) groups is 1. The largest absolute Gasteiger partial charge is 0.391 e. The first-order valence-corrected chi connectivity index (χ1v) is 7.80. The minimum atomic E-state index is -0.210. The van der Waals surface area contributed by atoms with Gasteiger partial charge in [0.1, 0.15) is 0 Å². The molecule has 2 aliphatic rings. The first-order chi connectivity index (χ1) is 10.1. The molecule has 1 N–H and O–H groups in total. The van der Waals surface area contributed by atoms with Gasteiger partial charge in [-0.1, -0.05) is 18.0 Å². The molecule has 0 bridgehead atoms. The average Bonchev–Trinajstić information content (AvgIpc) is 2.94. The molecular weight excluding hydrogens is 270 g/mol. The Labute approximate surface area is 124 Å². The van der Waals surface area contributed by atoms with Crippen molar-refractivity contribution in [3.05, 3.63) is 17.5 Å². The van der Waals surface area contributed by atoms with Crippen molar-refractivity contribution in [3.8, 4) is 0 Å². The van der Waals surface area contributed by atoms with Crippen LogP contribution >= 0.6 is 0 Å². The van der Waals surface area contributed by atoms with Crippen LogP contribution < -0.4 is 0 Å². The predicted molar refractivity (Wildman–Crippen MR) is 77.0 cm³/mol. The number of aromatic nitrogens is 1. The Bertz CT molecular complexity index is 494. The second-order valence-electron chi connectivity index (χ2n) is 6.08. The normalized spacial score (nSPS) is 27.8. The average molecular weight is 293 g/mol. The lowest BCUT2D eigenvalue weighted by Gasteiger charge is -2.42. The first-order valence-electron chi connectivity index (χ1n) is 7.80. The van der Waals surface area contributed by atoms with E-state index in [-0.39, 0.29) is 18.1 Å². The van der Waals surface area contributed by atoms with E-state index in [4.69, 9.17) is 4.52 Å². The Balaban J connectivity index is 1.56. The number of hydrogen-bond donors (Lipinski definition) is 1. The SMILES string of the molecule is Cc1cc(C(=O)N2CCN(C3CCCCC3O)CC2)on1. The molecule has 2 unspecified atom stereocenters. The minimum Gasteiger partial charge on any atom is -0.391 e. The Morgan fingerprint density at radius 2 is 2.00 bits per heavy atom. The Morgan fingerprint density at radius 1 is 1.29 bits per heavy atom. The summed E-state index contributed by atoms with van der Waals surface area (Å²) in [4.78, 5) is 16.4. The lowest BCUT2D eigenvalue weighted by atomic mass is 9.91. The third-order valence-electron chi connectivity index (χ3n) is 4.60. The molecule has 0 spiro atoms. The van der Waals surface area contributed by atoms with Gasteiger partial charge in [0.25, 0.3) is 5.91 Å². The molecule has 116 valence electrons. The summed E-state index contributed by atoms with van der Waals surface area (Å²) >= 11 is 0. The van der Waals surface area contributed by atoms with Gasteiger partial charge in [0.15, 0.2) is 0 Å². The van der Waals surface area contributed by atoms with E-state index in [1.165, 1.54) is 6.42 Å². The smallest absolute Gasteiger partial charge is 0.292 e. The number of amides is 1. The van der Waals surface area contributed by atoms with Crippen LogP contribution in [0.15, 0.2) is 10.6 Å². The van der Waals surface area contributed by atoms with Crippen LogP contribution in [0, 0.1) is 6.92 Å². The number of aryl methyl sites for hydroxylation is 1. The van der Waals surface area contributed by atoms with Gasteiger partial charge in [-0.15, -0.1) is 0 Å². The highest BCUT2D eigenvalue weighted by molar-refractivity contribution is 5.91. The number of piperazine rings is 1. The van der Waals surface area contributed by atoms with Crippen LogP contribution in [-0.4, -0.2) is 64.3 Å². The molecule has 2 atom stereocenters. The van der Waals surface area contributed by atoms with Gasteiger partial charge in [0.05, 0.1) is 11.8 Å². The van der Waals surface area contributed by atoms with Crippen molar-refractivity contribution in [1.82, 2.24) is 15.0 Å². The van der Waals surface area contributed by atoms with E-state index in [2.05, 4.69) is 10.1 Å². The Morgan fingerprint density at radius 3 is 2.62 bits per heavy atom. The van der Waals surface area contributed by atoms with Crippen molar-refractivity contribution in [2.24, 2.45) is 0 Å². The maximum absolute atomic E-state index is 12.3. The van der Waals surface area contributed by atoms with Crippen molar-refractivity contribution in [2.45, 2.75) is 44.8 Å². The van der Waals surface area contributed by atoms with Gasteiger partial charge in [-0.3, -0.25) is 9.69 Å². The highest BCUT2D eigenvalue weighted by atomic mass is 16.5. The highest BCUT2D eigenvalue weighted by Crippen LogP contribution is 2.24. The number of nitrogens with zero attached hydrogens (tertiary/aromatic N) is 3. The van der Waals surface area contributed by atoms with E-state index < -0.39 is 0 Å². The number of carbonyl (C=O) groups excluding carboxylic acids is 1. The van der Waals surface area contributed by atoms with Crippen LogP contribution in [-0.2, 0) is 0 Å². The summed E-state index contributed by atoms with van der Waals surface area (Å²) < 4.78 is 5.04. The molecule has 3 rings (SSSR count). The molecular formula is C15H23N3O3. The maximum atomic E-state index is 12.3. The second-order valence-corrected chi connectivity index (χ2v) is 6.08. The number of aliphatic hydroxyl groups is 1. The molecule has 1 saturated heterocycles. The van der Waals surface area contributed by atoms with E-state index in [0.29, 0.717) is 18.8 Å². The van der Waals surface area contributed by atoms with E-state index in [1.807, 2.05) is 11.8 Å². The van der Waals surface area contributed by atoms with Gasteiger partial charge in [-0.25, -0.2) is 0 Å². The Hall–Kier alpha value is -1.40. The summed E-state index contributed by atoms with van der Waals surface area (Å²) in [5.41, 5.74) is 0.724. The summed E-state index contributed by atoms with van der Waals surface area (Å²) in [5.74, 6) is 0.234. The zero-order chi connectivity index (χ0) is 14.8. The summed E-state index contributed by atoms with van der Waals surface area (Å²) in [6.07, 6.45) is 4.08. The van der Waals surface area contributed by atoms with Crippen LogP contribution in [0.3, 0.4) is 0 Å². The zero-order valence-corrected chi connectivity index (χ0v) is 12.5. The number of hydrogen-bond acceptors (Lipinski definition) is 5. The van der Waals surface area contributed by atoms with Crippen molar-refractivity contribution in [1.29, 1.82) is 0 Å². The molecule has 21 heavy (non-hydrogen) atoms. The molecule has 6 heteroatoms. The fourth-order valence-corrected chi connectivity index (χ4v) is 3.39. The van der Waals surface area contributed by atoms with E-state index in [1.54, 1.807) is 6.07 Å². The van der Waals surface area contributed by atoms with Gasteiger partial charge >= 0.3 is 0 Å². The van der Waals surface area contributed by atoms with Gasteiger partial charge in [-0.2, -0.15) is 0 Å². The lowest BCUT2D eigenvalue weighted by molar-refractivity contribution is -0.00239. The third kappa shape index (κ3) is 3.11. The van der Waals surface area contributed by atoms with Crippen LogP contribution in [0.1, 0.15) is 41.9 Å². The molecule has 0 aromatic carbocycles. The summed E-state index contributed by atoms with van der Waals surface area (Å²) in [6, 6.07) is 1.95. The highest BCUT2D eigenvalue weighted by Gasteiger charge is 2.32. The molecule has 1 amide bonds. The molecule has 1 aliphatic heterocycles. The van der Waals surface area contributed by atoms with Crippen molar-refractivity contribution in [3.63, 3.8) is 0 Å². The fourth-order valence-electron chi connectivity index (χ4n) is 3.39. The second kappa shape index (κ2) is 6.15. The minimum absolute atomic E-state index is 0.0838. The van der Waals surface area contributed by atoms with Crippen LogP contribution in [0.2, 0.25) is 0 Å². The molecule has 2 fully saturated rings. The molecule has 1 aliphatic carbocycles. The maximum Gasteiger partial charge on any atom is 0.292 e.